The Kier molecular flexibility index (Phi) is 5.00. The molecule has 0 atom stereocenters. The number of carbonyl (C=O) groups is 1. The molecule has 0 bridgehead atoms. The summed E-state index contributed by atoms with van der Waals surface area (Å²) in [5.41, 5.74) is 0.235. The Labute approximate surface area is 131 Å². The van der Waals surface area contributed by atoms with Crippen LogP contribution in [-0.2, 0) is 0 Å². The maximum absolute atomic E-state index is 13.5. The summed E-state index contributed by atoms with van der Waals surface area (Å²) in [6.07, 6.45) is 2.25. The number of esters is 1. The van der Waals surface area contributed by atoms with Gasteiger partial charge in [-0.25, -0.2) is 19.2 Å². The first-order valence-electron chi connectivity index (χ1n) is 6.16. The van der Waals surface area contributed by atoms with Gasteiger partial charge in [-0.2, -0.15) is 4.98 Å². The van der Waals surface area contributed by atoms with Crippen LogP contribution < -0.4 is 4.74 Å². The van der Waals surface area contributed by atoms with Gasteiger partial charge in [-0.1, -0.05) is 17.7 Å². The molecular formula is C14H12ClFN4O2. The summed E-state index contributed by atoms with van der Waals surface area (Å²) in [4.78, 5) is 24.7. The van der Waals surface area contributed by atoms with Gasteiger partial charge in [0.25, 0.3) is 0 Å². The molecular weight excluding hydrogens is 311 g/mol. The van der Waals surface area contributed by atoms with Crippen molar-refractivity contribution in [3.63, 3.8) is 0 Å². The van der Waals surface area contributed by atoms with Gasteiger partial charge < -0.3 is 9.64 Å². The molecule has 0 fully saturated rings. The van der Waals surface area contributed by atoms with E-state index in [0.717, 1.165) is 6.20 Å². The Morgan fingerprint density at radius 1 is 1.45 bits per heavy atom. The lowest BCUT2D eigenvalue weighted by atomic mass is 10.2. The maximum Gasteiger partial charge on any atom is 0.346 e. The zero-order chi connectivity index (χ0) is 16.1. The molecule has 2 rings (SSSR count). The summed E-state index contributed by atoms with van der Waals surface area (Å²) in [5.74, 6) is -1.64. The van der Waals surface area contributed by atoms with Gasteiger partial charge in [0.2, 0.25) is 0 Å². The highest BCUT2D eigenvalue weighted by atomic mass is 35.5. The molecule has 0 aliphatic heterocycles. The molecule has 0 saturated carbocycles. The highest BCUT2D eigenvalue weighted by molar-refractivity contribution is 6.30. The van der Waals surface area contributed by atoms with Crippen molar-refractivity contribution in [2.75, 3.05) is 14.1 Å². The van der Waals surface area contributed by atoms with Crippen molar-refractivity contribution < 1.29 is 13.9 Å². The predicted molar refractivity (Wildman–Crippen MR) is 80.2 cm³/mol. The standard InChI is InChI=1S/C14H12ClFN4O2/c1-20(2)8-18-12-11(16)7-17-14(19-12)22-13(21)9-4-3-5-10(15)6-9/h3-8H,1-2H3/b18-8+. The fourth-order valence-electron chi connectivity index (χ4n) is 1.41. The van der Waals surface area contributed by atoms with E-state index in [1.807, 2.05) is 0 Å². The van der Waals surface area contributed by atoms with Crippen molar-refractivity contribution >= 4 is 29.7 Å². The molecule has 0 aliphatic rings. The summed E-state index contributed by atoms with van der Waals surface area (Å²) >= 11 is 5.80. The van der Waals surface area contributed by atoms with E-state index in [-0.39, 0.29) is 17.4 Å². The fraction of sp³-hybridized carbons (Fsp3) is 0.143. The SMILES string of the molecule is CN(C)/C=N/c1nc(OC(=O)c2cccc(Cl)c2)ncc1F. The molecule has 0 saturated heterocycles. The van der Waals surface area contributed by atoms with Crippen LogP contribution in [0, 0.1) is 5.82 Å². The third-order valence-corrected chi connectivity index (χ3v) is 2.59. The van der Waals surface area contributed by atoms with E-state index in [0.29, 0.717) is 5.02 Å². The molecule has 6 nitrogen and oxygen atoms in total. The number of aromatic nitrogens is 2. The molecule has 22 heavy (non-hydrogen) atoms. The molecule has 0 N–H and O–H groups in total. The average molecular weight is 323 g/mol. The van der Waals surface area contributed by atoms with Gasteiger partial charge >= 0.3 is 12.0 Å². The topological polar surface area (TPSA) is 67.7 Å². The van der Waals surface area contributed by atoms with Crippen LogP contribution in [0.1, 0.15) is 10.4 Å². The lowest BCUT2D eigenvalue weighted by Crippen LogP contribution is -2.11. The summed E-state index contributed by atoms with van der Waals surface area (Å²) < 4.78 is 18.5. The number of hydrogen-bond donors (Lipinski definition) is 0. The fourth-order valence-corrected chi connectivity index (χ4v) is 1.60. The lowest BCUT2D eigenvalue weighted by molar-refractivity contribution is 0.0719. The van der Waals surface area contributed by atoms with Crippen LogP contribution in [0.3, 0.4) is 0 Å². The van der Waals surface area contributed by atoms with Crippen molar-refractivity contribution in [1.29, 1.82) is 0 Å². The van der Waals surface area contributed by atoms with E-state index in [1.165, 1.54) is 18.5 Å². The minimum Gasteiger partial charge on any atom is -0.387 e. The van der Waals surface area contributed by atoms with Crippen molar-refractivity contribution in [2.45, 2.75) is 0 Å². The van der Waals surface area contributed by atoms with Crippen molar-refractivity contribution in [3.05, 3.63) is 46.9 Å². The van der Waals surface area contributed by atoms with Crippen LogP contribution in [0.25, 0.3) is 0 Å². The number of halogens is 2. The van der Waals surface area contributed by atoms with E-state index in [9.17, 15) is 9.18 Å². The zero-order valence-electron chi connectivity index (χ0n) is 11.8. The predicted octanol–water partition coefficient (Wildman–Crippen LogP) is 2.71. The number of ether oxygens (including phenoxy) is 1. The summed E-state index contributed by atoms with van der Waals surface area (Å²) in [6.45, 7) is 0. The first kappa shape index (κ1) is 15.8. The van der Waals surface area contributed by atoms with Gasteiger partial charge in [-0.15, -0.1) is 0 Å². The largest absolute Gasteiger partial charge is 0.387 e. The molecule has 2 aromatic rings. The minimum absolute atomic E-state index is 0.224. The van der Waals surface area contributed by atoms with Crippen LogP contribution in [0.2, 0.25) is 5.02 Å². The van der Waals surface area contributed by atoms with E-state index in [2.05, 4.69) is 15.0 Å². The second-order valence-corrected chi connectivity index (χ2v) is 4.87. The smallest absolute Gasteiger partial charge is 0.346 e. The van der Waals surface area contributed by atoms with Crippen molar-refractivity contribution in [3.8, 4) is 6.01 Å². The Morgan fingerprint density at radius 2 is 2.23 bits per heavy atom. The normalized spacial score (nSPS) is 10.7. The van der Waals surface area contributed by atoms with Crippen LogP contribution in [0.5, 0.6) is 6.01 Å². The second-order valence-electron chi connectivity index (χ2n) is 4.43. The molecule has 0 amide bonds. The maximum atomic E-state index is 13.5. The van der Waals surface area contributed by atoms with Crippen molar-refractivity contribution in [1.82, 2.24) is 14.9 Å². The molecule has 8 heteroatoms. The molecule has 1 aromatic heterocycles. The molecule has 0 radical (unpaired) electrons. The molecule has 1 heterocycles. The highest BCUT2D eigenvalue weighted by Crippen LogP contribution is 2.17. The molecule has 0 aliphatic carbocycles. The van der Waals surface area contributed by atoms with Gasteiger partial charge in [0.05, 0.1) is 18.1 Å². The van der Waals surface area contributed by atoms with Gasteiger partial charge in [0.15, 0.2) is 11.6 Å². The Balaban J connectivity index is 2.19. The third-order valence-electron chi connectivity index (χ3n) is 2.36. The van der Waals surface area contributed by atoms with Gasteiger partial charge in [-0.05, 0) is 18.2 Å². The van der Waals surface area contributed by atoms with Gasteiger partial charge in [0, 0.05) is 19.1 Å². The number of rotatable bonds is 4. The Morgan fingerprint density at radius 3 is 2.91 bits per heavy atom. The molecule has 0 unspecified atom stereocenters. The van der Waals surface area contributed by atoms with E-state index in [4.69, 9.17) is 16.3 Å². The molecule has 1 aromatic carbocycles. The number of hydrogen-bond acceptors (Lipinski definition) is 5. The van der Waals surface area contributed by atoms with Gasteiger partial charge in [0.1, 0.15) is 0 Å². The van der Waals surface area contributed by atoms with Crippen molar-refractivity contribution in [2.24, 2.45) is 4.99 Å². The molecule has 0 spiro atoms. The number of carbonyl (C=O) groups excluding carboxylic acids is 1. The lowest BCUT2D eigenvalue weighted by Gasteiger charge is -2.05. The number of benzene rings is 1. The van der Waals surface area contributed by atoms with Crippen LogP contribution in [0.15, 0.2) is 35.5 Å². The van der Waals surface area contributed by atoms with Gasteiger partial charge in [-0.3, -0.25) is 0 Å². The summed E-state index contributed by atoms with van der Waals surface area (Å²) in [6, 6.07) is 5.91. The second kappa shape index (κ2) is 6.95. The summed E-state index contributed by atoms with van der Waals surface area (Å²) in [7, 11) is 3.45. The van der Waals surface area contributed by atoms with Crippen LogP contribution in [0.4, 0.5) is 10.2 Å². The first-order valence-corrected chi connectivity index (χ1v) is 6.54. The monoisotopic (exact) mass is 322 g/mol. The number of aliphatic imine (C=N–C) groups is 1. The Hall–Kier alpha value is -2.54. The summed E-state index contributed by atoms with van der Waals surface area (Å²) in [5, 5.41) is 0.394. The Bertz CT molecular complexity index is 722. The highest BCUT2D eigenvalue weighted by Gasteiger charge is 2.13. The van der Waals surface area contributed by atoms with Crippen LogP contribution >= 0.6 is 11.6 Å². The first-order chi connectivity index (χ1) is 10.5. The quantitative estimate of drug-likeness (QED) is 0.492. The van der Waals surface area contributed by atoms with E-state index in [1.54, 1.807) is 31.1 Å². The van der Waals surface area contributed by atoms with E-state index < -0.39 is 11.8 Å². The minimum atomic E-state index is -0.722. The molecule has 114 valence electrons. The zero-order valence-corrected chi connectivity index (χ0v) is 12.6. The van der Waals surface area contributed by atoms with Crippen LogP contribution in [-0.4, -0.2) is 41.3 Å². The third kappa shape index (κ3) is 4.23. The number of nitrogens with zero attached hydrogens (tertiary/aromatic N) is 4. The van der Waals surface area contributed by atoms with E-state index >= 15 is 0 Å². The average Bonchev–Trinajstić information content (AvgIpc) is 2.47.